The molecule has 0 unspecified atom stereocenters. The van der Waals surface area contributed by atoms with E-state index < -0.39 is 0 Å². The zero-order valence-corrected chi connectivity index (χ0v) is 12.7. The molecule has 0 aliphatic heterocycles. The minimum Gasteiger partial charge on any atom is -0.484 e. The summed E-state index contributed by atoms with van der Waals surface area (Å²) < 4.78 is 6.32. The van der Waals surface area contributed by atoms with Crippen LogP contribution in [0.25, 0.3) is 0 Å². The van der Waals surface area contributed by atoms with E-state index >= 15 is 0 Å². The Morgan fingerprint density at radius 1 is 1.40 bits per heavy atom. The monoisotopic (exact) mass is 336 g/mol. The molecule has 0 spiro atoms. The molecule has 1 aromatic rings. The fraction of sp³-hybridized carbons (Fsp3) is 0.333. The molecule has 0 saturated carbocycles. The van der Waals surface area contributed by atoms with Gasteiger partial charge in [0.05, 0.1) is 0 Å². The van der Waals surface area contributed by atoms with E-state index in [2.05, 4.69) is 38.6 Å². The number of allylic oxidation sites excluding steroid dienone is 2. The molecule has 20 heavy (non-hydrogen) atoms. The second kappa shape index (κ2) is 7.85. The molecule has 1 N–H and O–H groups in total. The highest BCUT2D eigenvalue weighted by molar-refractivity contribution is 9.10. The normalized spacial score (nSPS) is 18.1. The first-order chi connectivity index (χ1) is 9.74. The van der Waals surface area contributed by atoms with Gasteiger partial charge in [0.25, 0.3) is 5.91 Å². The summed E-state index contributed by atoms with van der Waals surface area (Å²) in [6.07, 6.45) is 9.30. The maximum atomic E-state index is 11.6. The Kier molecular flexibility index (Phi) is 5.80. The lowest BCUT2D eigenvalue weighted by molar-refractivity contribution is -0.123. The first-order valence-corrected chi connectivity index (χ1v) is 7.39. The van der Waals surface area contributed by atoms with E-state index in [1.54, 1.807) is 18.3 Å². The van der Waals surface area contributed by atoms with Crippen LogP contribution in [-0.2, 0) is 4.79 Å². The zero-order chi connectivity index (χ0) is 14.2. The number of carbonyl (C=O) groups excluding carboxylic acids is 1. The third-order valence-electron chi connectivity index (χ3n) is 2.97. The quantitative estimate of drug-likeness (QED) is 0.509. The molecular formula is C15H17BrN2O2. The van der Waals surface area contributed by atoms with E-state index in [9.17, 15) is 4.79 Å². The van der Waals surface area contributed by atoms with Gasteiger partial charge in [-0.2, -0.15) is 5.10 Å². The van der Waals surface area contributed by atoms with Crippen molar-refractivity contribution in [3.05, 3.63) is 40.9 Å². The average molecular weight is 337 g/mol. The van der Waals surface area contributed by atoms with Crippen molar-refractivity contribution in [1.29, 1.82) is 0 Å². The predicted octanol–water partition coefficient (Wildman–Crippen LogP) is 3.29. The van der Waals surface area contributed by atoms with Gasteiger partial charge in [0.1, 0.15) is 5.75 Å². The van der Waals surface area contributed by atoms with Gasteiger partial charge >= 0.3 is 0 Å². The lowest BCUT2D eigenvalue weighted by atomic mass is 9.96. The molecule has 0 saturated heterocycles. The number of nitrogens with zero attached hydrogens (tertiary/aromatic N) is 1. The van der Waals surface area contributed by atoms with Crippen LogP contribution >= 0.6 is 15.9 Å². The van der Waals surface area contributed by atoms with E-state index in [1.807, 2.05) is 12.1 Å². The van der Waals surface area contributed by atoms with E-state index in [1.165, 1.54) is 0 Å². The number of hydrogen-bond acceptors (Lipinski definition) is 3. The van der Waals surface area contributed by atoms with Crippen LogP contribution in [0.3, 0.4) is 0 Å². The van der Waals surface area contributed by atoms with E-state index in [0.717, 1.165) is 23.7 Å². The Hall–Kier alpha value is -1.62. The van der Waals surface area contributed by atoms with Crippen molar-refractivity contribution in [2.45, 2.75) is 19.3 Å². The second-order valence-corrected chi connectivity index (χ2v) is 5.52. The SMILES string of the molecule is O=C(COc1ccc(Br)cc1)N/N=C\[C@H]1CC=CCC1. The van der Waals surface area contributed by atoms with Crippen LogP contribution in [-0.4, -0.2) is 18.7 Å². The Balaban J connectivity index is 1.68. The second-order valence-electron chi connectivity index (χ2n) is 4.60. The zero-order valence-electron chi connectivity index (χ0n) is 11.1. The van der Waals surface area contributed by atoms with Gasteiger partial charge in [0.2, 0.25) is 0 Å². The van der Waals surface area contributed by atoms with Crippen molar-refractivity contribution in [1.82, 2.24) is 5.43 Å². The minimum absolute atomic E-state index is 0.0382. The average Bonchev–Trinajstić information content (AvgIpc) is 2.48. The molecule has 0 heterocycles. The highest BCUT2D eigenvalue weighted by Gasteiger charge is 2.07. The molecule has 106 valence electrons. The number of hydrogen-bond donors (Lipinski definition) is 1. The number of nitrogens with one attached hydrogen (secondary N) is 1. The van der Waals surface area contributed by atoms with Gasteiger partial charge in [-0.05, 0) is 49.4 Å². The van der Waals surface area contributed by atoms with Crippen LogP contribution in [0.15, 0.2) is 46.0 Å². The molecule has 2 rings (SSSR count). The standard InChI is InChI=1S/C15H17BrN2O2/c16-13-6-8-14(9-7-13)20-11-15(19)18-17-10-12-4-2-1-3-5-12/h1-2,6-10,12H,3-5,11H2,(H,18,19)/b17-10-/t12-/m0/s1. The predicted molar refractivity (Wildman–Crippen MR) is 82.8 cm³/mol. The van der Waals surface area contributed by atoms with E-state index in [0.29, 0.717) is 11.7 Å². The van der Waals surface area contributed by atoms with Gasteiger partial charge < -0.3 is 4.74 Å². The summed E-state index contributed by atoms with van der Waals surface area (Å²) >= 11 is 3.34. The lowest BCUT2D eigenvalue weighted by Crippen LogP contribution is -2.25. The molecule has 1 aliphatic rings. The molecule has 0 radical (unpaired) electrons. The third-order valence-corrected chi connectivity index (χ3v) is 3.50. The molecule has 1 aliphatic carbocycles. The molecular weight excluding hydrogens is 320 g/mol. The maximum Gasteiger partial charge on any atom is 0.277 e. The van der Waals surface area contributed by atoms with Gasteiger partial charge in [-0.15, -0.1) is 0 Å². The van der Waals surface area contributed by atoms with Crippen LogP contribution < -0.4 is 10.2 Å². The summed E-state index contributed by atoms with van der Waals surface area (Å²) in [4.78, 5) is 11.6. The van der Waals surface area contributed by atoms with Crippen molar-refractivity contribution >= 4 is 28.1 Å². The van der Waals surface area contributed by atoms with Gasteiger partial charge in [0.15, 0.2) is 6.61 Å². The van der Waals surface area contributed by atoms with E-state index in [4.69, 9.17) is 4.74 Å². The number of carbonyl (C=O) groups is 1. The number of benzene rings is 1. The molecule has 1 amide bonds. The van der Waals surface area contributed by atoms with Crippen LogP contribution in [0.4, 0.5) is 0 Å². The topological polar surface area (TPSA) is 50.7 Å². The molecule has 0 aromatic heterocycles. The van der Waals surface area contributed by atoms with Crippen LogP contribution in [0.1, 0.15) is 19.3 Å². The smallest absolute Gasteiger partial charge is 0.277 e. The Morgan fingerprint density at radius 3 is 2.90 bits per heavy atom. The Bertz CT molecular complexity index is 497. The van der Waals surface area contributed by atoms with Crippen LogP contribution in [0, 0.1) is 5.92 Å². The van der Waals surface area contributed by atoms with Crippen molar-refractivity contribution in [2.24, 2.45) is 11.0 Å². The first-order valence-electron chi connectivity index (χ1n) is 6.59. The molecule has 4 nitrogen and oxygen atoms in total. The fourth-order valence-electron chi connectivity index (χ4n) is 1.88. The first kappa shape index (κ1) is 14.8. The van der Waals surface area contributed by atoms with Crippen LogP contribution in [0.5, 0.6) is 5.75 Å². The Labute approximate surface area is 127 Å². The van der Waals surface area contributed by atoms with Crippen molar-refractivity contribution in [3.8, 4) is 5.75 Å². The molecule has 0 fully saturated rings. The number of amides is 1. The maximum absolute atomic E-state index is 11.6. The van der Waals surface area contributed by atoms with Crippen molar-refractivity contribution in [2.75, 3.05) is 6.61 Å². The molecule has 1 aromatic carbocycles. The fourth-order valence-corrected chi connectivity index (χ4v) is 2.14. The summed E-state index contributed by atoms with van der Waals surface area (Å²) in [6, 6.07) is 7.33. The summed E-state index contributed by atoms with van der Waals surface area (Å²) in [5.74, 6) is 0.827. The number of rotatable bonds is 5. The van der Waals surface area contributed by atoms with Gasteiger partial charge in [-0.25, -0.2) is 5.43 Å². The molecule has 0 bridgehead atoms. The minimum atomic E-state index is -0.254. The number of halogens is 1. The highest BCUT2D eigenvalue weighted by atomic mass is 79.9. The summed E-state index contributed by atoms with van der Waals surface area (Å²) in [5, 5.41) is 3.98. The summed E-state index contributed by atoms with van der Waals surface area (Å²) in [6.45, 7) is -0.0382. The van der Waals surface area contributed by atoms with Gasteiger partial charge in [0, 0.05) is 10.7 Å². The number of hydrazone groups is 1. The van der Waals surface area contributed by atoms with Gasteiger partial charge in [-0.1, -0.05) is 28.1 Å². The Morgan fingerprint density at radius 2 is 2.20 bits per heavy atom. The van der Waals surface area contributed by atoms with Crippen molar-refractivity contribution < 1.29 is 9.53 Å². The largest absolute Gasteiger partial charge is 0.484 e. The summed E-state index contributed by atoms with van der Waals surface area (Å²) in [5.41, 5.74) is 2.48. The number of ether oxygens (including phenoxy) is 1. The molecule has 1 atom stereocenters. The summed E-state index contributed by atoms with van der Waals surface area (Å²) in [7, 11) is 0. The van der Waals surface area contributed by atoms with Crippen LogP contribution in [0.2, 0.25) is 0 Å². The third kappa shape index (κ3) is 5.17. The molecule has 5 heteroatoms. The lowest BCUT2D eigenvalue weighted by Gasteiger charge is -2.11. The van der Waals surface area contributed by atoms with Crippen molar-refractivity contribution in [3.63, 3.8) is 0 Å². The van der Waals surface area contributed by atoms with Gasteiger partial charge in [-0.3, -0.25) is 4.79 Å². The van der Waals surface area contributed by atoms with E-state index in [-0.39, 0.29) is 12.5 Å². The highest BCUT2D eigenvalue weighted by Crippen LogP contribution is 2.16.